The van der Waals surface area contributed by atoms with E-state index in [-0.39, 0.29) is 0 Å². The summed E-state index contributed by atoms with van der Waals surface area (Å²) in [4.78, 5) is 0. The number of benzene rings is 1. The Labute approximate surface area is 101 Å². The first kappa shape index (κ1) is 10.7. The second-order valence-electron chi connectivity index (χ2n) is 4.81. The van der Waals surface area contributed by atoms with E-state index in [0.29, 0.717) is 5.92 Å². The van der Waals surface area contributed by atoms with Gasteiger partial charge in [0.2, 0.25) is 0 Å². The van der Waals surface area contributed by atoms with E-state index in [4.69, 9.17) is 10.5 Å². The Morgan fingerprint density at radius 1 is 1.41 bits per heavy atom. The number of fused-ring (bicyclic) bond motifs is 3. The highest BCUT2D eigenvalue weighted by Crippen LogP contribution is 2.29. The van der Waals surface area contributed by atoms with Gasteiger partial charge in [0.25, 0.3) is 0 Å². The molecule has 0 fully saturated rings. The molecule has 0 amide bonds. The Morgan fingerprint density at radius 2 is 2.29 bits per heavy atom. The van der Waals surface area contributed by atoms with Gasteiger partial charge in [0.15, 0.2) is 0 Å². The van der Waals surface area contributed by atoms with Gasteiger partial charge in [0.05, 0.1) is 12.6 Å². The zero-order chi connectivity index (χ0) is 11.8. The molecule has 0 saturated heterocycles. The molecule has 2 aromatic rings. The van der Waals surface area contributed by atoms with E-state index in [0.717, 1.165) is 25.3 Å². The summed E-state index contributed by atoms with van der Waals surface area (Å²) in [6.45, 7) is 1.82. The second kappa shape index (κ2) is 4.08. The lowest BCUT2D eigenvalue weighted by Crippen LogP contribution is -2.25. The fourth-order valence-corrected chi connectivity index (χ4v) is 2.74. The maximum Gasteiger partial charge on any atom is 0.120 e. The molecule has 0 bridgehead atoms. The SMILES string of the molecule is COc1ccc2cc3n(c2c1)CC(CN)CC3. The molecule has 2 N–H and O–H groups in total. The first-order valence-corrected chi connectivity index (χ1v) is 6.18. The third-order valence-corrected chi connectivity index (χ3v) is 3.78. The number of hydrogen-bond acceptors (Lipinski definition) is 2. The van der Waals surface area contributed by atoms with Gasteiger partial charge in [0.1, 0.15) is 5.75 Å². The minimum absolute atomic E-state index is 0.615. The molecule has 3 nitrogen and oxygen atoms in total. The molecule has 0 spiro atoms. The van der Waals surface area contributed by atoms with Gasteiger partial charge in [-0.25, -0.2) is 0 Å². The number of rotatable bonds is 2. The van der Waals surface area contributed by atoms with Crippen LogP contribution in [0.1, 0.15) is 12.1 Å². The van der Waals surface area contributed by atoms with Gasteiger partial charge < -0.3 is 15.0 Å². The third kappa shape index (κ3) is 1.71. The van der Waals surface area contributed by atoms with Gasteiger partial charge >= 0.3 is 0 Å². The van der Waals surface area contributed by atoms with Crippen molar-refractivity contribution in [3.63, 3.8) is 0 Å². The first-order valence-electron chi connectivity index (χ1n) is 6.18. The lowest BCUT2D eigenvalue weighted by Gasteiger charge is -2.24. The van der Waals surface area contributed by atoms with Crippen molar-refractivity contribution < 1.29 is 4.74 Å². The number of ether oxygens (including phenoxy) is 1. The zero-order valence-corrected chi connectivity index (χ0v) is 10.1. The maximum atomic E-state index is 5.79. The number of nitrogens with two attached hydrogens (primary N) is 1. The average Bonchev–Trinajstić information content (AvgIpc) is 2.75. The van der Waals surface area contributed by atoms with E-state index in [9.17, 15) is 0 Å². The fourth-order valence-electron chi connectivity index (χ4n) is 2.74. The van der Waals surface area contributed by atoms with E-state index in [1.165, 1.54) is 23.0 Å². The number of hydrogen-bond donors (Lipinski definition) is 1. The van der Waals surface area contributed by atoms with Crippen LogP contribution in [0.4, 0.5) is 0 Å². The van der Waals surface area contributed by atoms with Gasteiger partial charge in [-0.05, 0) is 43.5 Å². The normalized spacial score (nSPS) is 19.3. The summed E-state index contributed by atoms with van der Waals surface area (Å²) in [5.41, 5.74) is 8.50. The summed E-state index contributed by atoms with van der Waals surface area (Å²) in [5, 5.41) is 1.30. The molecule has 0 radical (unpaired) electrons. The first-order chi connectivity index (χ1) is 8.31. The molecule has 1 atom stereocenters. The molecular formula is C14H18N2O. The molecule has 0 saturated carbocycles. The van der Waals surface area contributed by atoms with Crippen LogP contribution in [0.25, 0.3) is 10.9 Å². The molecule has 1 aromatic carbocycles. The highest BCUT2D eigenvalue weighted by atomic mass is 16.5. The van der Waals surface area contributed by atoms with E-state index in [1.807, 2.05) is 6.07 Å². The minimum Gasteiger partial charge on any atom is -0.497 e. The second-order valence-corrected chi connectivity index (χ2v) is 4.81. The summed E-state index contributed by atoms with van der Waals surface area (Å²) < 4.78 is 7.70. The standard InChI is InChI=1S/C14H18N2O/c1-17-13-5-3-11-6-12-4-2-10(8-15)9-16(12)14(11)7-13/h3,5-7,10H,2,4,8-9,15H2,1H3. The molecule has 0 aliphatic carbocycles. The summed E-state index contributed by atoms with van der Waals surface area (Å²) in [6, 6.07) is 8.57. The lowest BCUT2D eigenvalue weighted by molar-refractivity contribution is 0.384. The quantitative estimate of drug-likeness (QED) is 0.859. The van der Waals surface area contributed by atoms with Crippen molar-refractivity contribution in [1.29, 1.82) is 0 Å². The van der Waals surface area contributed by atoms with Crippen LogP contribution in [0.5, 0.6) is 5.75 Å². The van der Waals surface area contributed by atoms with Crippen LogP contribution < -0.4 is 10.5 Å². The predicted molar refractivity (Wildman–Crippen MR) is 69.4 cm³/mol. The van der Waals surface area contributed by atoms with Crippen molar-refractivity contribution >= 4 is 10.9 Å². The summed E-state index contributed by atoms with van der Waals surface area (Å²) >= 11 is 0. The fraction of sp³-hybridized carbons (Fsp3) is 0.429. The molecule has 17 heavy (non-hydrogen) atoms. The van der Waals surface area contributed by atoms with Crippen molar-refractivity contribution in [1.82, 2.24) is 4.57 Å². The Kier molecular flexibility index (Phi) is 2.56. The Bertz CT molecular complexity index is 544. The van der Waals surface area contributed by atoms with Gasteiger partial charge in [0, 0.05) is 23.7 Å². The minimum atomic E-state index is 0.615. The monoisotopic (exact) mass is 230 g/mol. The van der Waals surface area contributed by atoms with E-state index < -0.39 is 0 Å². The summed E-state index contributed by atoms with van der Waals surface area (Å²) in [5.74, 6) is 1.54. The largest absolute Gasteiger partial charge is 0.497 e. The van der Waals surface area contributed by atoms with Crippen LogP contribution in [0.15, 0.2) is 24.3 Å². The van der Waals surface area contributed by atoms with Crippen molar-refractivity contribution in [2.75, 3.05) is 13.7 Å². The summed E-state index contributed by atoms with van der Waals surface area (Å²) in [6.07, 6.45) is 2.35. The smallest absolute Gasteiger partial charge is 0.120 e. The highest BCUT2D eigenvalue weighted by Gasteiger charge is 2.19. The van der Waals surface area contributed by atoms with Gasteiger partial charge in [-0.15, -0.1) is 0 Å². The summed E-state index contributed by atoms with van der Waals surface area (Å²) in [7, 11) is 1.71. The van der Waals surface area contributed by atoms with Gasteiger partial charge in [-0.2, -0.15) is 0 Å². The van der Waals surface area contributed by atoms with Crippen LogP contribution in [-0.2, 0) is 13.0 Å². The van der Waals surface area contributed by atoms with E-state index in [2.05, 4.69) is 22.8 Å². The Balaban J connectivity index is 2.12. The van der Waals surface area contributed by atoms with Crippen LogP contribution in [0.2, 0.25) is 0 Å². The van der Waals surface area contributed by atoms with Crippen molar-refractivity contribution in [3.8, 4) is 5.75 Å². The predicted octanol–water partition coefficient (Wildman–Crippen LogP) is 2.17. The zero-order valence-electron chi connectivity index (χ0n) is 10.1. The van der Waals surface area contributed by atoms with E-state index >= 15 is 0 Å². The topological polar surface area (TPSA) is 40.2 Å². The van der Waals surface area contributed by atoms with Crippen LogP contribution >= 0.6 is 0 Å². The Morgan fingerprint density at radius 3 is 3.06 bits per heavy atom. The molecule has 1 aliphatic rings. The van der Waals surface area contributed by atoms with Crippen molar-refractivity contribution in [2.45, 2.75) is 19.4 Å². The molecule has 90 valence electrons. The van der Waals surface area contributed by atoms with Crippen LogP contribution in [0, 0.1) is 5.92 Å². The molecule has 1 aromatic heterocycles. The van der Waals surface area contributed by atoms with Crippen molar-refractivity contribution in [3.05, 3.63) is 30.0 Å². The lowest BCUT2D eigenvalue weighted by atomic mass is 9.98. The molecule has 1 unspecified atom stereocenters. The van der Waals surface area contributed by atoms with Gasteiger partial charge in [-0.3, -0.25) is 0 Å². The molecular weight excluding hydrogens is 212 g/mol. The molecule has 3 rings (SSSR count). The molecule has 1 aliphatic heterocycles. The molecule has 2 heterocycles. The third-order valence-electron chi connectivity index (χ3n) is 3.78. The number of nitrogens with zero attached hydrogens (tertiary/aromatic N) is 1. The average molecular weight is 230 g/mol. The van der Waals surface area contributed by atoms with E-state index in [1.54, 1.807) is 7.11 Å². The number of aromatic nitrogens is 1. The molecule has 3 heteroatoms. The van der Waals surface area contributed by atoms with Gasteiger partial charge in [-0.1, -0.05) is 0 Å². The van der Waals surface area contributed by atoms with Crippen molar-refractivity contribution in [2.24, 2.45) is 11.7 Å². The number of methoxy groups -OCH3 is 1. The Hall–Kier alpha value is -1.48. The van der Waals surface area contributed by atoms with Crippen LogP contribution in [0.3, 0.4) is 0 Å². The number of aryl methyl sites for hydroxylation is 1. The highest BCUT2D eigenvalue weighted by molar-refractivity contribution is 5.83. The van der Waals surface area contributed by atoms with Crippen LogP contribution in [-0.4, -0.2) is 18.2 Å². The maximum absolute atomic E-state index is 5.79.